The topological polar surface area (TPSA) is 74.6 Å². The normalized spacial score (nSPS) is 11.4. The van der Waals surface area contributed by atoms with Crippen LogP contribution in [0.3, 0.4) is 0 Å². The Hall–Kier alpha value is -4.70. The highest BCUT2D eigenvalue weighted by Crippen LogP contribution is 2.38. The Kier molecular flexibility index (Phi) is 4.36. The van der Waals surface area contributed by atoms with E-state index < -0.39 is 11.9 Å². The van der Waals surface area contributed by atoms with Crippen LogP contribution in [-0.4, -0.2) is 22.2 Å². The highest BCUT2D eigenvalue weighted by atomic mass is 16.4. The van der Waals surface area contributed by atoms with Crippen LogP contribution in [0.25, 0.3) is 54.2 Å². The van der Waals surface area contributed by atoms with Gasteiger partial charge in [0.15, 0.2) is 0 Å². The van der Waals surface area contributed by atoms with Crippen LogP contribution in [0.4, 0.5) is 0 Å². The summed E-state index contributed by atoms with van der Waals surface area (Å²) in [6, 6.07) is 30.6. The number of aromatic carboxylic acids is 2. The molecule has 6 aromatic rings. The molecule has 4 nitrogen and oxygen atoms in total. The van der Waals surface area contributed by atoms with E-state index >= 15 is 0 Å². The lowest BCUT2D eigenvalue weighted by Gasteiger charge is -2.15. The molecule has 0 fully saturated rings. The van der Waals surface area contributed by atoms with E-state index in [1.54, 1.807) is 12.1 Å². The molecule has 0 unspecified atom stereocenters. The molecule has 0 saturated heterocycles. The van der Waals surface area contributed by atoms with Crippen LogP contribution in [0.1, 0.15) is 20.7 Å². The number of carboxylic acid groups (broad SMARTS) is 2. The van der Waals surface area contributed by atoms with Crippen molar-refractivity contribution in [2.24, 2.45) is 0 Å². The number of benzene rings is 6. The van der Waals surface area contributed by atoms with Gasteiger partial charge in [-0.3, -0.25) is 0 Å². The van der Waals surface area contributed by atoms with Crippen LogP contribution >= 0.6 is 0 Å². The molecule has 0 bridgehead atoms. The van der Waals surface area contributed by atoms with E-state index in [0.29, 0.717) is 16.3 Å². The molecule has 0 spiro atoms. The van der Waals surface area contributed by atoms with Gasteiger partial charge in [0.2, 0.25) is 0 Å². The van der Waals surface area contributed by atoms with Gasteiger partial charge in [0.05, 0.1) is 11.1 Å². The van der Waals surface area contributed by atoms with E-state index in [1.807, 2.05) is 78.9 Å². The maximum atomic E-state index is 12.6. The summed E-state index contributed by atoms with van der Waals surface area (Å²) in [5, 5.41) is 27.4. The van der Waals surface area contributed by atoms with Crippen molar-refractivity contribution in [2.75, 3.05) is 0 Å². The summed E-state index contributed by atoms with van der Waals surface area (Å²) in [5.74, 6) is -2.32. The minimum absolute atomic E-state index is 0.000734. The Morgan fingerprint density at radius 2 is 1.03 bits per heavy atom. The largest absolute Gasteiger partial charge is 0.478 e. The van der Waals surface area contributed by atoms with E-state index in [2.05, 4.69) is 6.07 Å². The molecule has 0 aliphatic heterocycles. The molecule has 0 radical (unpaired) electrons. The summed E-state index contributed by atoms with van der Waals surface area (Å²) < 4.78 is 0. The summed E-state index contributed by atoms with van der Waals surface area (Å²) in [5.41, 5.74) is 0.756. The standard InChI is InChI=1S/C30H18O4/c31-29(32)26-16-24-13-19-7-3-4-8-20(19)15-25(24)28(30(33)34)27(26)22-10-9-21-11-17-5-1-2-6-18(17)12-23(21)14-22/h1-16H,(H,31,32)(H,33,34). The van der Waals surface area contributed by atoms with Crippen LogP contribution < -0.4 is 0 Å². The molecule has 6 aromatic carbocycles. The molecule has 162 valence electrons. The molecule has 0 saturated carbocycles. The van der Waals surface area contributed by atoms with Crippen LogP contribution in [-0.2, 0) is 0 Å². The van der Waals surface area contributed by atoms with Gasteiger partial charge in [-0.15, -0.1) is 0 Å². The zero-order valence-corrected chi connectivity index (χ0v) is 17.9. The van der Waals surface area contributed by atoms with Gasteiger partial charge in [0, 0.05) is 5.56 Å². The average Bonchev–Trinajstić information content (AvgIpc) is 2.84. The van der Waals surface area contributed by atoms with Crippen molar-refractivity contribution in [3.63, 3.8) is 0 Å². The van der Waals surface area contributed by atoms with Crippen LogP contribution in [0.2, 0.25) is 0 Å². The van der Waals surface area contributed by atoms with Crippen molar-refractivity contribution < 1.29 is 19.8 Å². The maximum Gasteiger partial charge on any atom is 0.336 e. The minimum Gasteiger partial charge on any atom is -0.478 e. The summed E-state index contributed by atoms with van der Waals surface area (Å²) in [6.45, 7) is 0. The summed E-state index contributed by atoms with van der Waals surface area (Å²) in [6.07, 6.45) is 0. The fraction of sp³-hybridized carbons (Fsp3) is 0. The molecule has 0 aliphatic carbocycles. The second kappa shape index (κ2) is 7.42. The Balaban J connectivity index is 1.71. The molecule has 0 atom stereocenters. The fourth-order valence-corrected chi connectivity index (χ4v) is 4.88. The van der Waals surface area contributed by atoms with E-state index in [4.69, 9.17) is 0 Å². The molecule has 34 heavy (non-hydrogen) atoms. The lowest BCUT2D eigenvalue weighted by molar-refractivity contribution is 0.0696. The lowest BCUT2D eigenvalue weighted by atomic mass is 9.87. The maximum absolute atomic E-state index is 12.6. The summed E-state index contributed by atoms with van der Waals surface area (Å²) >= 11 is 0. The average molecular weight is 442 g/mol. The molecule has 2 N–H and O–H groups in total. The van der Waals surface area contributed by atoms with E-state index in [-0.39, 0.29) is 16.7 Å². The van der Waals surface area contributed by atoms with Crippen molar-refractivity contribution in [3.8, 4) is 11.1 Å². The summed E-state index contributed by atoms with van der Waals surface area (Å²) in [7, 11) is 0. The SMILES string of the molecule is O=C(O)c1cc2cc3ccccc3cc2c(C(=O)O)c1-c1ccc2cc3ccccc3cc2c1. The number of hydrogen-bond donors (Lipinski definition) is 2. The molecule has 0 amide bonds. The Morgan fingerprint density at radius 1 is 0.500 bits per heavy atom. The monoisotopic (exact) mass is 442 g/mol. The van der Waals surface area contributed by atoms with Gasteiger partial charge in [0.25, 0.3) is 0 Å². The fourth-order valence-electron chi connectivity index (χ4n) is 4.88. The van der Waals surface area contributed by atoms with Crippen LogP contribution in [0, 0.1) is 0 Å². The highest BCUT2D eigenvalue weighted by Gasteiger charge is 2.24. The molecule has 0 heterocycles. The van der Waals surface area contributed by atoms with E-state index in [0.717, 1.165) is 32.3 Å². The number of rotatable bonds is 3. The van der Waals surface area contributed by atoms with Gasteiger partial charge < -0.3 is 10.2 Å². The molecular formula is C30H18O4. The second-order valence-electron chi connectivity index (χ2n) is 8.47. The molecule has 4 heteroatoms. The van der Waals surface area contributed by atoms with Crippen LogP contribution in [0.5, 0.6) is 0 Å². The Morgan fingerprint density at radius 3 is 1.62 bits per heavy atom. The number of carboxylic acids is 2. The molecule has 0 aromatic heterocycles. The van der Waals surface area contributed by atoms with Gasteiger partial charge in [-0.2, -0.15) is 0 Å². The third-order valence-corrected chi connectivity index (χ3v) is 6.44. The molecule has 6 rings (SSSR count). The smallest absolute Gasteiger partial charge is 0.336 e. The predicted molar refractivity (Wildman–Crippen MR) is 136 cm³/mol. The van der Waals surface area contributed by atoms with Crippen molar-refractivity contribution >= 4 is 55.0 Å². The number of hydrogen-bond acceptors (Lipinski definition) is 2. The van der Waals surface area contributed by atoms with E-state index in [9.17, 15) is 19.8 Å². The van der Waals surface area contributed by atoms with Gasteiger partial charge in [-0.25, -0.2) is 9.59 Å². The van der Waals surface area contributed by atoms with Gasteiger partial charge in [-0.05, 0) is 85.1 Å². The summed E-state index contributed by atoms with van der Waals surface area (Å²) in [4.78, 5) is 24.9. The van der Waals surface area contributed by atoms with Crippen molar-refractivity contribution in [1.82, 2.24) is 0 Å². The number of carbonyl (C=O) groups is 2. The van der Waals surface area contributed by atoms with Gasteiger partial charge >= 0.3 is 11.9 Å². The zero-order valence-electron chi connectivity index (χ0n) is 17.9. The third kappa shape index (κ3) is 3.08. The first-order valence-corrected chi connectivity index (χ1v) is 10.9. The van der Waals surface area contributed by atoms with Crippen molar-refractivity contribution in [1.29, 1.82) is 0 Å². The highest BCUT2D eigenvalue weighted by molar-refractivity contribution is 6.17. The lowest BCUT2D eigenvalue weighted by Crippen LogP contribution is -2.08. The first-order valence-electron chi connectivity index (χ1n) is 10.9. The Labute approximate surface area is 194 Å². The first kappa shape index (κ1) is 19.9. The quantitative estimate of drug-likeness (QED) is 0.281. The second-order valence-corrected chi connectivity index (χ2v) is 8.47. The predicted octanol–water partition coefficient (Wildman–Crippen LogP) is 7.36. The Bertz CT molecular complexity index is 1810. The minimum atomic E-state index is -1.16. The van der Waals surface area contributed by atoms with Crippen molar-refractivity contribution in [2.45, 2.75) is 0 Å². The van der Waals surface area contributed by atoms with Gasteiger partial charge in [0.1, 0.15) is 0 Å². The van der Waals surface area contributed by atoms with E-state index in [1.165, 1.54) is 0 Å². The number of fused-ring (bicyclic) bond motifs is 4. The van der Waals surface area contributed by atoms with Crippen molar-refractivity contribution in [3.05, 3.63) is 108 Å². The zero-order chi connectivity index (χ0) is 23.4. The molecule has 0 aliphatic rings. The third-order valence-electron chi connectivity index (χ3n) is 6.44. The van der Waals surface area contributed by atoms with Crippen LogP contribution in [0.15, 0.2) is 97.1 Å². The molecular weight excluding hydrogens is 424 g/mol. The van der Waals surface area contributed by atoms with Gasteiger partial charge in [-0.1, -0.05) is 60.7 Å². The first-order chi connectivity index (χ1) is 16.5.